The van der Waals surface area contributed by atoms with Gasteiger partial charge in [-0.1, -0.05) is 108 Å². The first-order chi connectivity index (χ1) is 32.6. The van der Waals surface area contributed by atoms with Gasteiger partial charge in [0, 0.05) is 11.2 Å². The second-order valence-corrected chi connectivity index (χ2v) is 22.0. The molecule has 5 unspecified atom stereocenters. The minimum absolute atomic E-state index is 0. The van der Waals surface area contributed by atoms with E-state index in [9.17, 15) is 62.9 Å². The van der Waals surface area contributed by atoms with Gasteiger partial charge in [0.1, 0.15) is 0 Å². The molecule has 0 aromatic carbocycles. The van der Waals surface area contributed by atoms with Gasteiger partial charge in [0.2, 0.25) is 0 Å². The van der Waals surface area contributed by atoms with Crippen LogP contribution in [0, 0.1) is 77.2 Å². The van der Waals surface area contributed by atoms with Crippen molar-refractivity contribution in [1.82, 2.24) is 0 Å². The number of nitrogens with zero attached hydrogens (tertiary/aromatic N) is 6. The Bertz CT molecular complexity index is 1920. The van der Waals surface area contributed by atoms with Gasteiger partial charge in [0.05, 0.1) is 0 Å². The normalized spacial score (nSPS) is 25.1. The first kappa shape index (κ1) is 82.8. The fourth-order valence-corrected chi connectivity index (χ4v) is 7.70. The Kier molecular flexibility index (Phi) is 38.6. The van der Waals surface area contributed by atoms with Crippen LogP contribution in [-0.2, 0) is 51.4 Å². The molecule has 0 aromatic heterocycles. The first-order valence-corrected chi connectivity index (χ1v) is 27.4. The van der Waals surface area contributed by atoms with E-state index in [1.165, 1.54) is 38.5 Å². The Morgan fingerprint density at radius 3 is 0.776 bits per heavy atom. The summed E-state index contributed by atoms with van der Waals surface area (Å²) in [5, 5.41) is 51.4. The molecule has 0 bridgehead atoms. The number of alkyl halides is 12. The molecule has 6 aliphatic heterocycles. The molecule has 6 rings (SSSR count). The maximum absolute atomic E-state index is 11.6. The fourth-order valence-electron chi connectivity index (χ4n) is 7.70. The van der Waals surface area contributed by atoms with Gasteiger partial charge in [0.15, 0.2) is 0 Å². The molecule has 5 fully saturated rings. The molecule has 5 saturated heterocycles. The molecule has 456 valence electrons. The number of halogens is 12. The van der Waals surface area contributed by atoms with Crippen molar-refractivity contribution < 1.29 is 203 Å². The molecule has 12 N–H and O–H groups in total. The van der Waals surface area contributed by atoms with Crippen molar-refractivity contribution in [3.8, 4) is 0 Å². The fraction of sp³-hybridized carbons (Fsp3) is 0.889. The third-order valence-corrected chi connectivity index (χ3v) is 13.5. The van der Waals surface area contributed by atoms with Gasteiger partial charge in [-0.25, -0.2) is 0 Å². The van der Waals surface area contributed by atoms with Crippen LogP contribution in [0.4, 0.5) is 52.7 Å². The second kappa shape index (κ2) is 35.4. The van der Waals surface area contributed by atoms with E-state index in [-0.39, 0.29) is 118 Å². The van der Waals surface area contributed by atoms with Crippen LogP contribution in [0.2, 0.25) is 0 Å². The van der Waals surface area contributed by atoms with Gasteiger partial charge in [-0.15, -0.1) is 81.3 Å². The van der Waals surface area contributed by atoms with E-state index >= 15 is 0 Å². The van der Waals surface area contributed by atoms with Crippen LogP contribution in [0.25, 0.3) is 31.9 Å². The molecule has 22 nitrogen and oxygen atoms in total. The number of allylic oxidation sites excluding steroid dienone is 2. The van der Waals surface area contributed by atoms with Gasteiger partial charge < -0.3 is 53.1 Å². The van der Waals surface area contributed by atoms with E-state index in [1.807, 2.05) is 18.2 Å². The molecule has 0 aromatic rings. The molecular weight excluding hydrogens is 1450 g/mol. The van der Waals surface area contributed by atoms with Crippen molar-refractivity contribution >= 4 is 40.5 Å². The largest absolute Gasteiger partial charge is 3.00 e. The van der Waals surface area contributed by atoms with E-state index in [4.69, 9.17) is 78.5 Å². The third-order valence-electron chi connectivity index (χ3n) is 11.1. The minimum Gasteiger partial charge on any atom is -0.682 e. The molecule has 5 atom stereocenters. The summed E-state index contributed by atoms with van der Waals surface area (Å²) in [7, 11) is -23.4. The van der Waals surface area contributed by atoms with Crippen LogP contribution in [0.15, 0.2) is 23.9 Å². The van der Waals surface area contributed by atoms with E-state index in [0.717, 1.165) is 96.2 Å². The van der Waals surface area contributed by atoms with Crippen LogP contribution >= 0.6 is 0 Å². The molecule has 6 heterocycles. The Hall–Kier alpha value is 0.291. The predicted molar refractivity (Wildman–Crippen MR) is 245 cm³/mol. The zero-order valence-electron chi connectivity index (χ0n) is 39.6. The van der Waals surface area contributed by atoms with E-state index in [0.29, 0.717) is 6.54 Å². The topological polar surface area (TPSA) is 409 Å². The Balaban J connectivity index is -0.000000431. The van der Waals surface area contributed by atoms with Gasteiger partial charge in [-0.3, -0.25) is 18.2 Å². The number of rotatable bonds is 6. The zero-order valence-corrected chi connectivity index (χ0v) is 47.1. The van der Waals surface area contributed by atoms with Crippen LogP contribution in [0.1, 0.15) is 96.3 Å². The van der Waals surface area contributed by atoms with E-state index < -0.39 is 73.7 Å². The van der Waals surface area contributed by atoms with Crippen molar-refractivity contribution in [2.75, 3.05) is 39.3 Å². The van der Waals surface area contributed by atoms with Crippen molar-refractivity contribution in [3.63, 3.8) is 0 Å². The molecule has 40 heteroatoms. The average Bonchev–Trinajstić information content (AvgIpc) is 3.29. The van der Waals surface area contributed by atoms with Crippen molar-refractivity contribution in [3.05, 3.63) is 55.8 Å². The summed E-state index contributed by atoms with van der Waals surface area (Å²) in [4.78, 5) is 0. The number of piperidine rings is 5. The van der Waals surface area contributed by atoms with Gasteiger partial charge in [0.25, 0.3) is 0 Å². The standard InChI is InChI=1S/C16H28N3O.C16H24N3O.4CHF3O3S.2H2O.2Tb/c2*20-16(13-7-1-4-10-17-13,14-8-2-5-11-18-14)15-9-3-6-12-19-15;4*2-1(3,4)8(5,6)7;;;;/h13-15,20H,1-12H2;1,4,7,14-15,20H,2-3,5-6,8-12H2;4*(H,5,6,7);2*1H2;;/q2*-3;;;;;;;2*+3/p+2. The van der Waals surface area contributed by atoms with Gasteiger partial charge in [-0.2, -0.15) is 86.4 Å². The molecule has 0 aliphatic carbocycles. The van der Waals surface area contributed by atoms with Crippen molar-refractivity contribution in [2.45, 2.75) is 160 Å². The molecule has 0 radical (unpaired) electrons. The Labute approximate surface area is 493 Å². The summed E-state index contributed by atoms with van der Waals surface area (Å²) in [5.74, 6) is 0. The smallest absolute Gasteiger partial charge is 0.682 e. The third kappa shape index (κ3) is 27.6. The summed E-state index contributed by atoms with van der Waals surface area (Å²) < 4.78 is 230. The summed E-state index contributed by atoms with van der Waals surface area (Å²) in [6.07, 6.45) is 22.6. The van der Waals surface area contributed by atoms with Gasteiger partial charge >= 0.3 is 140 Å². The molecule has 0 amide bonds. The molecule has 0 spiro atoms. The monoisotopic (exact) mass is 1510 g/mol. The van der Waals surface area contributed by atoms with Crippen LogP contribution in [-0.4, -0.2) is 165 Å². The van der Waals surface area contributed by atoms with Crippen LogP contribution in [0.5, 0.6) is 0 Å². The Morgan fingerprint density at radius 1 is 0.408 bits per heavy atom. The maximum atomic E-state index is 11.6. The first-order valence-electron chi connectivity index (χ1n) is 21.6. The van der Waals surface area contributed by atoms with Crippen molar-refractivity contribution in [2.24, 2.45) is 0 Å². The second-order valence-electron chi connectivity index (χ2n) is 16.3. The van der Waals surface area contributed by atoms with Crippen molar-refractivity contribution in [1.29, 1.82) is 0 Å². The SMILES string of the molecule is O=S(=O)(O)C(F)(F)F.O=S(=O)(O)C(F)(F)F.O=S(=O)(O)C(F)(F)F.O=S(=O)(O)C(F)(F)F.OC(C1=CC=CC[N-]1)(C1CCCC[N-]1)C1CCCC[N-]1.OC(C1CCCC[N-]1)(C1CCCC[N-]1)C1CCCC[N-]1.[OH3+].[OH3+].[Tb+3].[Tb+3]. The van der Waals surface area contributed by atoms with E-state index in [1.54, 1.807) is 0 Å². The summed E-state index contributed by atoms with van der Waals surface area (Å²) in [6.45, 7) is 5.12. The van der Waals surface area contributed by atoms with Crippen LogP contribution < -0.4 is 0 Å². The predicted octanol–water partition coefficient (Wildman–Crippen LogP) is 6.63. The Morgan fingerprint density at radius 2 is 0.618 bits per heavy atom. The number of aliphatic hydroxyl groups is 2. The number of hydrogen-bond acceptors (Lipinski definition) is 10. The molecule has 6 aliphatic rings. The minimum atomic E-state index is -5.84. The van der Waals surface area contributed by atoms with E-state index in [2.05, 4.69) is 5.32 Å². The molecular formula is C36H62F12N6O16S4Tb2+2. The average molecular weight is 1510 g/mol. The summed E-state index contributed by atoms with van der Waals surface area (Å²) in [6, 6.07) is 0.119. The molecule has 76 heavy (non-hydrogen) atoms. The quantitative estimate of drug-likeness (QED) is 0.0704. The molecule has 0 saturated carbocycles. The maximum Gasteiger partial charge on any atom is 3.00 e. The summed E-state index contributed by atoms with van der Waals surface area (Å²) in [5.41, 5.74) is -23.1. The van der Waals surface area contributed by atoms with Gasteiger partial charge in [-0.05, 0) is 0 Å². The number of hydrogen-bond donors (Lipinski definition) is 6. The zero-order chi connectivity index (χ0) is 55.7. The van der Waals surface area contributed by atoms with Crippen LogP contribution in [0.3, 0.4) is 0 Å². The summed E-state index contributed by atoms with van der Waals surface area (Å²) >= 11 is 0.